The first-order valence-corrected chi connectivity index (χ1v) is 23.4. The zero-order valence-electron chi connectivity index (χ0n) is 36.3. The minimum Gasteiger partial charge on any atom is -0.466 e. The maximum Gasteiger partial charge on any atom is 0.311 e. The fourth-order valence-electron chi connectivity index (χ4n) is 7.99. The van der Waals surface area contributed by atoms with Gasteiger partial charge in [0.2, 0.25) is 0 Å². The van der Waals surface area contributed by atoms with Crippen molar-refractivity contribution >= 4 is 11.9 Å². The lowest BCUT2D eigenvalue weighted by Gasteiger charge is -2.24. The number of aliphatic hydroxyl groups excluding tert-OH is 1. The number of rotatable bonds is 40. The lowest BCUT2D eigenvalue weighted by molar-refractivity contribution is -0.154. The molecule has 0 aromatic heterocycles. The Morgan fingerprint density at radius 2 is 1.11 bits per heavy atom. The summed E-state index contributed by atoms with van der Waals surface area (Å²) in [5.74, 6) is 0.788. The van der Waals surface area contributed by atoms with E-state index in [-0.39, 0.29) is 18.5 Å². The van der Waals surface area contributed by atoms with Crippen molar-refractivity contribution in [2.75, 3.05) is 39.5 Å². The highest BCUT2D eigenvalue weighted by Crippen LogP contribution is 2.53. The molecule has 6 heteroatoms. The van der Waals surface area contributed by atoms with E-state index in [1.807, 2.05) is 13.8 Å². The average Bonchev–Trinajstić information content (AvgIpc) is 3.92. The first kappa shape index (κ1) is 49.9. The van der Waals surface area contributed by atoms with Gasteiger partial charge in [-0.3, -0.25) is 9.59 Å². The second kappa shape index (κ2) is 33.0. The number of carbonyl (C=O) groups is 2. The Kier molecular flexibility index (Phi) is 31.1. The summed E-state index contributed by atoms with van der Waals surface area (Å²) in [6.45, 7) is 15.6. The molecule has 314 valence electrons. The molecular formula is C47H91NO5. The van der Waals surface area contributed by atoms with Crippen molar-refractivity contribution in [3.8, 4) is 0 Å². The molecule has 0 bridgehead atoms. The SMILES string of the molecule is CCCCCCCCCOC(=O)C(C)(C)CCCCCCN(CCCCO)CCCCC1(CCC(=O)OCCCC(CCCCC)CCCCC)CC1. The minimum atomic E-state index is -0.401. The fraction of sp³-hybridized carbons (Fsp3) is 0.957. The fourth-order valence-corrected chi connectivity index (χ4v) is 7.99. The largest absolute Gasteiger partial charge is 0.466 e. The lowest BCUT2D eigenvalue weighted by atomic mass is 9.87. The van der Waals surface area contributed by atoms with Crippen LogP contribution >= 0.6 is 0 Å². The molecule has 0 heterocycles. The Hall–Kier alpha value is -1.14. The quantitative estimate of drug-likeness (QED) is 0.0496. The molecule has 0 spiro atoms. The molecular weight excluding hydrogens is 659 g/mol. The second-order valence-corrected chi connectivity index (χ2v) is 17.8. The highest BCUT2D eigenvalue weighted by Gasteiger charge is 2.41. The molecule has 0 aromatic carbocycles. The molecule has 0 unspecified atom stereocenters. The van der Waals surface area contributed by atoms with Gasteiger partial charge in [-0.15, -0.1) is 0 Å². The van der Waals surface area contributed by atoms with Crippen molar-refractivity contribution in [2.45, 2.75) is 234 Å². The number of ether oxygens (including phenoxy) is 2. The summed E-state index contributed by atoms with van der Waals surface area (Å²) in [5, 5.41) is 9.34. The Bertz CT molecular complexity index is 846. The smallest absolute Gasteiger partial charge is 0.311 e. The van der Waals surface area contributed by atoms with E-state index in [1.165, 1.54) is 135 Å². The van der Waals surface area contributed by atoms with Crippen LogP contribution in [0.4, 0.5) is 0 Å². The van der Waals surface area contributed by atoms with Crippen molar-refractivity contribution in [3.05, 3.63) is 0 Å². The maximum absolute atomic E-state index is 12.7. The van der Waals surface area contributed by atoms with Crippen LogP contribution in [-0.4, -0.2) is 61.4 Å². The van der Waals surface area contributed by atoms with Crippen LogP contribution in [0.5, 0.6) is 0 Å². The molecule has 1 rings (SSSR count). The molecule has 0 amide bonds. The van der Waals surface area contributed by atoms with Gasteiger partial charge < -0.3 is 19.5 Å². The zero-order valence-corrected chi connectivity index (χ0v) is 36.3. The van der Waals surface area contributed by atoms with Crippen LogP contribution in [0.2, 0.25) is 0 Å². The van der Waals surface area contributed by atoms with Gasteiger partial charge in [0.05, 0.1) is 18.6 Å². The zero-order chi connectivity index (χ0) is 38.9. The summed E-state index contributed by atoms with van der Waals surface area (Å²) < 4.78 is 11.4. The van der Waals surface area contributed by atoms with Crippen molar-refractivity contribution in [2.24, 2.45) is 16.7 Å². The predicted octanol–water partition coefficient (Wildman–Crippen LogP) is 13.2. The molecule has 6 nitrogen and oxygen atoms in total. The first-order chi connectivity index (χ1) is 25.7. The van der Waals surface area contributed by atoms with Crippen molar-refractivity contribution in [1.29, 1.82) is 0 Å². The normalized spacial score (nSPS) is 14.0. The third-order valence-corrected chi connectivity index (χ3v) is 12.1. The monoisotopic (exact) mass is 750 g/mol. The van der Waals surface area contributed by atoms with Gasteiger partial charge in [0.15, 0.2) is 0 Å². The van der Waals surface area contributed by atoms with Crippen LogP contribution < -0.4 is 0 Å². The molecule has 0 aromatic rings. The van der Waals surface area contributed by atoms with Gasteiger partial charge >= 0.3 is 11.9 Å². The number of nitrogens with zero attached hydrogens (tertiary/aromatic N) is 1. The van der Waals surface area contributed by atoms with E-state index in [0.29, 0.717) is 25.0 Å². The van der Waals surface area contributed by atoms with E-state index in [9.17, 15) is 14.7 Å². The summed E-state index contributed by atoms with van der Waals surface area (Å²) in [5.41, 5.74) is -0.0141. The number of carbonyl (C=O) groups excluding carboxylic acids is 2. The molecule has 0 radical (unpaired) electrons. The minimum absolute atomic E-state index is 0.0159. The summed E-state index contributed by atoms with van der Waals surface area (Å²) in [4.78, 5) is 27.9. The van der Waals surface area contributed by atoms with Gasteiger partial charge in [0.1, 0.15) is 0 Å². The molecule has 1 saturated carbocycles. The topological polar surface area (TPSA) is 76.1 Å². The standard InChI is InChI=1S/C47H91NO5/c1-6-9-12-13-14-17-26-41-53-45(51)46(4,5)32-20-15-16-22-37-48(39-24-25-40-49)38-23-21-33-47(35-36-47)34-31-44(50)52-42-27-30-43(28-18-10-7-2)29-19-11-8-3/h43,49H,6-42H2,1-5H3. The van der Waals surface area contributed by atoms with Crippen molar-refractivity contribution < 1.29 is 24.2 Å². The highest BCUT2D eigenvalue weighted by atomic mass is 16.5. The number of aliphatic hydroxyl groups is 1. The summed E-state index contributed by atoms with van der Waals surface area (Å²) in [6.07, 6.45) is 36.7. The molecule has 0 aliphatic heterocycles. The third-order valence-electron chi connectivity index (χ3n) is 12.1. The van der Waals surface area contributed by atoms with E-state index in [0.717, 1.165) is 83.3 Å². The molecule has 1 fully saturated rings. The van der Waals surface area contributed by atoms with Crippen LogP contribution in [-0.2, 0) is 19.1 Å². The van der Waals surface area contributed by atoms with Gasteiger partial charge in [-0.05, 0) is 122 Å². The summed E-state index contributed by atoms with van der Waals surface area (Å²) >= 11 is 0. The van der Waals surface area contributed by atoms with Crippen LogP contribution in [0, 0.1) is 16.7 Å². The van der Waals surface area contributed by atoms with Crippen LogP contribution in [0.3, 0.4) is 0 Å². The van der Waals surface area contributed by atoms with E-state index < -0.39 is 5.41 Å². The highest BCUT2D eigenvalue weighted by molar-refractivity contribution is 5.75. The molecule has 1 N–H and O–H groups in total. The lowest BCUT2D eigenvalue weighted by Crippen LogP contribution is -2.28. The predicted molar refractivity (Wildman–Crippen MR) is 225 cm³/mol. The molecule has 53 heavy (non-hydrogen) atoms. The van der Waals surface area contributed by atoms with E-state index in [4.69, 9.17) is 9.47 Å². The summed E-state index contributed by atoms with van der Waals surface area (Å²) in [6, 6.07) is 0. The van der Waals surface area contributed by atoms with Gasteiger partial charge in [-0.2, -0.15) is 0 Å². The first-order valence-electron chi connectivity index (χ1n) is 23.4. The average molecular weight is 750 g/mol. The van der Waals surface area contributed by atoms with Crippen LogP contribution in [0.15, 0.2) is 0 Å². The Morgan fingerprint density at radius 1 is 0.604 bits per heavy atom. The van der Waals surface area contributed by atoms with Gasteiger partial charge in [-0.25, -0.2) is 0 Å². The van der Waals surface area contributed by atoms with Gasteiger partial charge in [0.25, 0.3) is 0 Å². The van der Waals surface area contributed by atoms with Crippen molar-refractivity contribution in [1.82, 2.24) is 4.90 Å². The molecule has 0 atom stereocenters. The molecule has 0 saturated heterocycles. The molecule has 1 aliphatic carbocycles. The van der Waals surface area contributed by atoms with Crippen molar-refractivity contribution in [3.63, 3.8) is 0 Å². The number of hydrogen-bond donors (Lipinski definition) is 1. The Balaban J connectivity index is 2.23. The Labute approximate surface area is 330 Å². The Morgan fingerprint density at radius 3 is 1.74 bits per heavy atom. The number of unbranched alkanes of at least 4 members (excludes halogenated alkanes) is 15. The number of hydrogen-bond acceptors (Lipinski definition) is 6. The van der Waals surface area contributed by atoms with Gasteiger partial charge in [-0.1, -0.05) is 136 Å². The van der Waals surface area contributed by atoms with Crippen LogP contribution in [0.1, 0.15) is 234 Å². The number of esters is 2. The third kappa shape index (κ3) is 28.0. The second-order valence-electron chi connectivity index (χ2n) is 17.8. The van der Waals surface area contributed by atoms with E-state index in [2.05, 4.69) is 25.7 Å². The maximum atomic E-state index is 12.7. The van der Waals surface area contributed by atoms with E-state index in [1.54, 1.807) is 0 Å². The molecule has 1 aliphatic rings. The van der Waals surface area contributed by atoms with Gasteiger partial charge in [0, 0.05) is 13.0 Å². The van der Waals surface area contributed by atoms with Crippen LogP contribution in [0.25, 0.3) is 0 Å². The van der Waals surface area contributed by atoms with E-state index >= 15 is 0 Å². The summed E-state index contributed by atoms with van der Waals surface area (Å²) in [7, 11) is 0.